The Hall–Kier alpha value is -3.98. The predicted octanol–water partition coefficient (Wildman–Crippen LogP) is 2.89. The lowest BCUT2D eigenvalue weighted by atomic mass is 9.95. The van der Waals surface area contributed by atoms with Crippen LogP contribution >= 0.6 is 11.3 Å². The molecule has 1 aliphatic rings. The predicted molar refractivity (Wildman–Crippen MR) is 131 cm³/mol. The zero-order valence-corrected chi connectivity index (χ0v) is 20.5. The van der Waals surface area contributed by atoms with Gasteiger partial charge in [0.25, 0.3) is 5.56 Å². The van der Waals surface area contributed by atoms with Gasteiger partial charge in [-0.15, -0.1) is 0 Å². The van der Waals surface area contributed by atoms with Crippen LogP contribution in [0.2, 0.25) is 0 Å². The van der Waals surface area contributed by atoms with E-state index >= 15 is 0 Å². The summed E-state index contributed by atoms with van der Waals surface area (Å²) in [6, 6.07) is 12.8. The van der Waals surface area contributed by atoms with Gasteiger partial charge in [-0.25, -0.2) is 14.6 Å². The largest absolute Gasteiger partial charge is 0.491 e. The number of fused-ring (bicyclic) bond motifs is 1. The van der Waals surface area contributed by atoms with Crippen molar-refractivity contribution < 1.29 is 24.2 Å². The molecule has 0 saturated carbocycles. The molecule has 2 heterocycles. The van der Waals surface area contributed by atoms with E-state index in [0.29, 0.717) is 31.9 Å². The number of carboxylic acids is 1. The van der Waals surface area contributed by atoms with Gasteiger partial charge in [0, 0.05) is 5.56 Å². The third kappa shape index (κ3) is 4.54. The van der Waals surface area contributed by atoms with E-state index in [4.69, 9.17) is 9.47 Å². The number of thiazole rings is 1. The maximum atomic E-state index is 13.7. The number of aromatic carboxylic acids is 1. The molecule has 1 unspecified atom stereocenters. The lowest BCUT2D eigenvalue weighted by Gasteiger charge is -2.26. The van der Waals surface area contributed by atoms with Crippen molar-refractivity contribution in [1.82, 2.24) is 4.57 Å². The Morgan fingerprint density at radius 3 is 2.51 bits per heavy atom. The van der Waals surface area contributed by atoms with Crippen molar-refractivity contribution in [3.05, 3.63) is 96.2 Å². The van der Waals surface area contributed by atoms with Crippen LogP contribution in [-0.4, -0.2) is 34.8 Å². The van der Waals surface area contributed by atoms with Gasteiger partial charge < -0.3 is 14.6 Å². The van der Waals surface area contributed by atoms with E-state index in [0.717, 1.165) is 11.3 Å². The fourth-order valence-electron chi connectivity index (χ4n) is 4.01. The summed E-state index contributed by atoms with van der Waals surface area (Å²) < 4.78 is 12.8. The summed E-state index contributed by atoms with van der Waals surface area (Å²) in [5, 5.41) is 9.54. The number of hydrogen-bond acceptors (Lipinski definition) is 7. The number of esters is 1. The normalized spacial score (nSPS) is 15.6. The van der Waals surface area contributed by atoms with Crippen molar-refractivity contribution in [2.45, 2.75) is 32.9 Å². The van der Waals surface area contributed by atoms with Crippen LogP contribution in [0, 0.1) is 0 Å². The number of carbonyl (C=O) groups is 2. The maximum Gasteiger partial charge on any atom is 0.338 e. The fraction of sp³-hybridized carbons (Fsp3) is 0.231. The molecule has 1 aromatic heterocycles. The van der Waals surface area contributed by atoms with Crippen molar-refractivity contribution in [1.29, 1.82) is 0 Å². The number of para-hydroxylation sites is 1. The Morgan fingerprint density at radius 2 is 1.83 bits per heavy atom. The second-order valence-electron chi connectivity index (χ2n) is 8.17. The lowest BCUT2D eigenvalue weighted by molar-refractivity contribution is -0.136. The summed E-state index contributed by atoms with van der Waals surface area (Å²) in [4.78, 5) is 43.1. The second-order valence-corrected chi connectivity index (χ2v) is 9.18. The second kappa shape index (κ2) is 9.71. The average Bonchev–Trinajstić information content (AvgIpc) is 3.12. The average molecular weight is 493 g/mol. The Bertz CT molecular complexity index is 1530. The van der Waals surface area contributed by atoms with Crippen LogP contribution in [0.15, 0.2) is 69.6 Å². The molecule has 0 radical (unpaired) electrons. The van der Waals surface area contributed by atoms with E-state index < -0.39 is 23.5 Å². The molecule has 0 aliphatic carbocycles. The Balaban J connectivity index is 2.01. The SMILES string of the molecule is COC(=O)C1=C(C)N=c2sc(=Cc3ccccc3C(=O)O)c(=O)n2C1c1ccccc1OC(C)C. The van der Waals surface area contributed by atoms with Gasteiger partial charge in [-0.2, -0.15) is 0 Å². The van der Waals surface area contributed by atoms with Crippen LogP contribution in [0.4, 0.5) is 0 Å². The number of carbonyl (C=O) groups excluding carboxylic acids is 1. The van der Waals surface area contributed by atoms with Crippen molar-refractivity contribution in [2.75, 3.05) is 7.11 Å². The quantitative estimate of drug-likeness (QED) is 0.531. The molecule has 1 N–H and O–H groups in total. The highest BCUT2D eigenvalue weighted by Gasteiger charge is 2.35. The number of rotatable bonds is 6. The summed E-state index contributed by atoms with van der Waals surface area (Å²) in [7, 11) is 1.28. The molecule has 3 aromatic rings. The van der Waals surface area contributed by atoms with Crippen LogP contribution in [-0.2, 0) is 9.53 Å². The van der Waals surface area contributed by atoms with Gasteiger partial charge in [0.2, 0.25) is 0 Å². The van der Waals surface area contributed by atoms with Gasteiger partial charge >= 0.3 is 11.9 Å². The van der Waals surface area contributed by atoms with Crippen LogP contribution in [0.25, 0.3) is 6.08 Å². The summed E-state index contributed by atoms with van der Waals surface area (Å²) >= 11 is 1.13. The van der Waals surface area contributed by atoms with Crippen molar-refractivity contribution in [3.63, 3.8) is 0 Å². The summed E-state index contributed by atoms with van der Waals surface area (Å²) in [6.45, 7) is 5.48. The standard InChI is InChI=1S/C26H24N2O6S/c1-14(2)34-19-12-8-7-11-18(19)22-21(25(32)33-4)15(3)27-26-28(22)23(29)20(35-26)13-16-9-5-6-10-17(16)24(30)31/h5-14,22H,1-4H3,(H,30,31). The zero-order chi connectivity index (χ0) is 25.3. The molecule has 35 heavy (non-hydrogen) atoms. The molecular weight excluding hydrogens is 468 g/mol. The number of ether oxygens (including phenoxy) is 2. The summed E-state index contributed by atoms with van der Waals surface area (Å²) in [5.41, 5.74) is 1.37. The zero-order valence-electron chi connectivity index (χ0n) is 19.6. The Labute approximate surface area is 205 Å². The van der Waals surface area contributed by atoms with E-state index in [1.54, 1.807) is 37.3 Å². The molecule has 0 saturated heterocycles. The van der Waals surface area contributed by atoms with Crippen LogP contribution in [0.5, 0.6) is 5.75 Å². The van der Waals surface area contributed by atoms with Gasteiger partial charge in [0.15, 0.2) is 4.80 Å². The molecule has 0 amide bonds. The van der Waals surface area contributed by atoms with Crippen LogP contribution < -0.4 is 19.6 Å². The minimum absolute atomic E-state index is 0.0806. The molecule has 180 valence electrons. The van der Waals surface area contributed by atoms with E-state index in [1.807, 2.05) is 26.0 Å². The first-order valence-electron chi connectivity index (χ1n) is 10.9. The third-order valence-corrected chi connectivity index (χ3v) is 6.46. The van der Waals surface area contributed by atoms with E-state index in [2.05, 4.69) is 4.99 Å². The highest BCUT2D eigenvalue weighted by Crippen LogP contribution is 2.36. The maximum absolute atomic E-state index is 13.7. The minimum atomic E-state index is -1.09. The van der Waals surface area contributed by atoms with Gasteiger partial charge in [-0.05, 0) is 44.5 Å². The first kappa shape index (κ1) is 24.2. The fourth-order valence-corrected chi connectivity index (χ4v) is 5.05. The van der Waals surface area contributed by atoms with E-state index in [9.17, 15) is 19.5 Å². The minimum Gasteiger partial charge on any atom is -0.491 e. The van der Waals surface area contributed by atoms with Gasteiger partial charge in [0.1, 0.15) is 11.8 Å². The van der Waals surface area contributed by atoms with Crippen molar-refractivity contribution >= 4 is 29.4 Å². The number of aromatic nitrogens is 1. The molecule has 9 heteroatoms. The van der Waals surface area contributed by atoms with Gasteiger partial charge in [0.05, 0.1) is 34.6 Å². The lowest BCUT2D eigenvalue weighted by Crippen LogP contribution is -2.40. The number of hydrogen-bond donors (Lipinski definition) is 1. The van der Waals surface area contributed by atoms with Gasteiger partial charge in [-0.3, -0.25) is 9.36 Å². The van der Waals surface area contributed by atoms with Gasteiger partial charge in [-0.1, -0.05) is 47.7 Å². The Morgan fingerprint density at radius 1 is 1.14 bits per heavy atom. The number of nitrogens with zero attached hydrogens (tertiary/aromatic N) is 2. The molecule has 2 aromatic carbocycles. The molecule has 0 spiro atoms. The topological polar surface area (TPSA) is 107 Å². The number of benzene rings is 2. The number of methoxy groups -OCH3 is 1. The van der Waals surface area contributed by atoms with E-state index in [1.165, 1.54) is 23.8 Å². The summed E-state index contributed by atoms with van der Waals surface area (Å²) in [5.74, 6) is -1.15. The monoisotopic (exact) mass is 492 g/mol. The van der Waals surface area contributed by atoms with Crippen molar-refractivity contribution in [2.24, 2.45) is 4.99 Å². The van der Waals surface area contributed by atoms with Crippen molar-refractivity contribution in [3.8, 4) is 5.75 Å². The first-order chi connectivity index (χ1) is 16.7. The molecule has 0 bridgehead atoms. The molecule has 8 nitrogen and oxygen atoms in total. The molecule has 1 atom stereocenters. The molecule has 4 rings (SSSR count). The summed E-state index contributed by atoms with van der Waals surface area (Å²) in [6.07, 6.45) is 1.41. The first-order valence-corrected chi connectivity index (χ1v) is 11.7. The molecular formula is C26H24N2O6S. The number of allylic oxidation sites excluding steroid dienone is 1. The highest BCUT2D eigenvalue weighted by molar-refractivity contribution is 7.07. The Kier molecular flexibility index (Phi) is 6.70. The van der Waals surface area contributed by atoms with Crippen LogP contribution in [0.3, 0.4) is 0 Å². The van der Waals surface area contributed by atoms with E-state index in [-0.39, 0.29) is 17.2 Å². The highest BCUT2D eigenvalue weighted by atomic mass is 32.1. The smallest absolute Gasteiger partial charge is 0.338 e. The third-order valence-electron chi connectivity index (χ3n) is 5.48. The molecule has 0 fully saturated rings. The molecule has 1 aliphatic heterocycles. The number of carboxylic acid groups (broad SMARTS) is 1. The van der Waals surface area contributed by atoms with Crippen LogP contribution in [0.1, 0.15) is 48.3 Å².